The van der Waals surface area contributed by atoms with Gasteiger partial charge in [0.2, 0.25) is 6.79 Å². The summed E-state index contributed by atoms with van der Waals surface area (Å²) in [6, 6.07) is 6.82. The second-order valence-electron chi connectivity index (χ2n) is 6.13. The molecule has 0 aromatic heterocycles. The quantitative estimate of drug-likeness (QED) is 0.836. The summed E-state index contributed by atoms with van der Waals surface area (Å²) >= 11 is 0. The topological polar surface area (TPSA) is 33.7 Å². The molecule has 0 bridgehead atoms. The third-order valence-corrected chi connectivity index (χ3v) is 4.42. The standard InChI is InChI=1S/C17H26N2O2/c1-14(18-8-11-19-9-2-3-10-19)4-5-15-6-7-16-17(12-15)21-13-20-16/h6-7,12,14,18H,2-5,8-11,13H2,1H3. The Morgan fingerprint density at radius 3 is 2.86 bits per heavy atom. The summed E-state index contributed by atoms with van der Waals surface area (Å²) in [5.74, 6) is 1.76. The molecule has 2 heterocycles. The molecule has 1 aromatic carbocycles. The van der Waals surface area contributed by atoms with Crippen LogP contribution >= 0.6 is 0 Å². The Morgan fingerprint density at radius 1 is 1.19 bits per heavy atom. The van der Waals surface area contributed by atoms with Gasteiger partial charge in [0.05, 0.1) is 0 Å². The lowest BCUT2D eigenvalue weighted by Crippen LogP contribution is -2.35. The largest absolute Gasteiger partial charge is 0.454 e. The van der Waals surface area contributed by atoms with E-state index in [1.165, 1.54) is 38.0 Å². The Labute approximate surface area is 127 Å². The fourth-order valence-corrected chi connectivity index (χ4v) is 3.06. The van der Waals surface area contributed by atoms with Gasteiger partial charge in [0, 0.05) is 19.1 Å². The number of fused-ring (bicyclic) bond motifs is 1. The summed E-state index contributed by atoms with van der Waals surface area (Å²) in [4.78, 5) is 2.55. The lowest BCUT2D eigenvalue weighted by molar-refractivity contribution is 0.174. The second kappa shape index (κ2) is 7.14. The van der Waals surface area contributed by atoms with Crippen molar-refractivity contribution >= 4 is 0 Å². The first-order valence-corrected chi connectivity index (χ1v) is 8.15. The van der Waals surface area contributed by atoms with Crippen LogP contribution in [0.25, 0.3) is 0 Å². The van der Waals surface area contributed by atoms with E-state index in [4.69, 9.17) is 9.47 Å². The predicted octanol–water partition coefficient (Wildman–Crippen LogP) is 2.42. The number of nitrogens with one attached hydrogen (secondary N) is 1. The summed E-state index contributed by atoms with van der Waals surface area (Å²) in [5.41, 5.74) is 1.33. The van der Waals surface area contributed by atoms with Crippen LogP contribution in [0.4, 0.5) is 0 Å². The van der Waals surface area contributed by atoms with Gasteiger partial charge < -0.3 is 19.7 Å². The van der Waals surface area contributed by atoms with E-state index in [-0.39, 0.29) is 0 Å². The van der Waals surface area contributed by atoms with Gasteiger partial charge in [-0.1, -0.05) is 6.07 Å². The van der Waals surface area contributed by atoms with Crippen LogP contribution in [0.15, 0.2) is 18.2 Å². The Balaban J connectivity index is 1.36. The van der Waals surface area contributed by atoms with E-state index in [0.717, 1.165) is 30.9 Å². The Hall–Kier alpha value is -1.26. The first-order valence-electron chi connectivity index (χ1n) is 8.15. The number of hydrogen-bond donors (Lipinski definition) is 1. The van der Waals surface area contributed by atoms with Crippen molar-refractivity contribution in [1.29, 1.82) is 0 Å². The molecule has 4 heteroatoms. The molecule has 0 saturated carbocycles. The molecule has 21 heavy (non-hydrogen) atoms. The fourth-order valence-electron chi connectivity index (χ4n) is 3.06. The molecule has 1 unspecified atom stereocenters. The Bertz CT molecular complexity index is 458. The molecule has 0 radical (unpaired) electrons. The van der Waals surface area contributed by atoms with Gasteiger partial charge in [0.1, 0.15) is 0 Å². The average Bonchev–Trinajstić information content (AvgIpc) is 3.15. The number of benzene rings is 1. The van der Waals surface area contributed by atoms with Crippen LogP contribution in [0.2, 0.25) is 0 Å². The van der Waals surface area contributed by atoms with Gasteiger partial charge in [0.25, 0.3) is 0 Å². The zero-order valence-electron chi connectivity index (χ0n) is 12.9. The second-order valence-corrected chi connectivity index (χ2v) is 6.13. The molecule has 1 fully saturated rings. The summed E-state index contributed by atoms with van der Waals surface area (Å²) in [6.07, 6.45) is 4.98. The normalized spacial score (nSPS) is 19.1. The number of aryl methyl sites for hydroxylation is 1. The molecule has 0 aliphatic carbocycles. The molecule has 0 amide bonds. The van der Waals surface area contributed by atoms with Gasteiger partial charge >= 0.3 is 0 Å². The van der Waals surface area contributed by atoms with Crippen LogP contribution in [-0.2, 0) is 6.42 Å². The van der Waals surface area contributed by atoms with Crippen molar-refractivity contribution in [2.45, 2.75) is 38.6 Å². The van der Waals surface area contributed by atoms with Crippen molar-refractivity contribution in [3.8, 4) is 11.5 Å². The third-order valence-electron chi connectivity index (χ3n) is 4.42. The molecule has 4 nitrogen and oxygen atoms in total. The molecule has 116 valence electrons. The molecule has 1 saturated heterocycles. The van der Waals surface area contributed by atoms with Crippen LogP contribution < -0.4 is 14.8 Å². The van der Waals surface area contributed by atoms with Crippen LogP contribution in [0.5, 0.6) is 11.5 Å². The number of nitrogens with zero attached hydrogens (tertiary/aromatic N) is 1. The highest BCUT2D eigenvalue weighted by molar-refractivity contribution is 5.44. The smallest absolute Gasteiger partial charge is 0.231 e. The lowest BCUT2D eigenvalue weighted by atomic mass is 10.1. The zero-order chi connectivity index (χ0) is 14.5. The lowest BCUT2D eigenvalue weighted by Gasteiger charge is -2.18. The first-order chi connectivity index (χ1) is 10.3. The highest BCUT2D eigenvalue weighted by atomic mass is 16.7. The molecule has 1 aromatic rings. The van der Waals surface area contributed by atoms with Crippen LogP contribution in [-0.4, -0.2) is 43.9 Å². The highest BCUT2D eigenvalue weighted by Gasteiger charge is 2.14. The third kappa shape index (κ3) is 4.11. The van der Waals surface area contributed by atoms with Gasteiger partial charge in [-0.25, -0.2) is 0 Å². The monoisotopic (exact) mass is 290 g/mol. The molecular weight excluding hydrogens is 264 g/mol. The van der Waals surface area contributed by atoms with Crippen molar-refractivity contribution in [2.24, 2.45) is 0 Å². The average molecular weight is 290 g/mol. The molecule has 1 N–H and O–H groups in total. The number of likely N-dealkylation sites (tertiary alicyclic amines) is 1. The maximum Gasteiger partial charge on any atom is 0.231 e. The van der Waals surface area contributed by atoms with Gasteiger partial charge in [-0.2, -0.15) is 0 Å². The highest BCUT2D eigenvalue weighted by Crippen LogP contribution is 2.32. The molecular formula is C17H26N2O2. The van der Waals surface area contributed by atoms with Crippen LogP contribution in [0, 0.1) is 0 Å². The van der Waals surface area contributed by atoms with Gasteiger partial charge in [-0.05, 0) is 63.4 Å². The van der Waals surface area contributed by atoms with Gasteiger partial charge in [0.15, 0.2) is 11.5 Å². The summed E-state index contributed by atoms with van der Waals surface area (Å²) < 4.78 is 10.8. The van der Waals surface area contributed by atoms with E-state index in [2.05, 4.69) is 29.3 Å². The van der Waals surface area contributed by atoms with Crippen molar-refractivity contribution in [3.63, 3.8) is 0 Å². The van der Waals surface area contributed by atoms with Gasteiger partial charge in [-0.3, -0.25) is 0 Å². The SMILES string of the molecule is CC(CCc1ccc2c(c1)OCO2)NCCN1CCCC1. The first kappa shape index (κ1) is 14.7. The number of ether oxygens (including phenoxy) is 2. The molecule has 0 spiro atoms. The molecule has 1 atom stereocenters. The Morgan fingerprint density at radius 2 is 2.00 bits per heavy atom. The van der Waals surface area contributed by atoms with Crippen molar-refractivity contribution in [2.75, 3.05) is 33.0 Å². The zero-order valence-corrected chi connectivity index (χ0v) is 12.9. The summed E-state index contributed by atoms with van der Waals surface area (Å²) in [6.45, 7) is 7.49. The summed E-state index contributed by atoms with van der Waals surface area (Å²) in [5, 5.41) is 3.63. The van der Waals surface area contributed by atoms with Crippen molar-refractivity contribution in [3.05, 3.63) is 23.8 Å². The number of rotatable bonds is 7. The maximum absolute atomic E-state index is 5.42. The molecule has 2 aliphatic rings. The fraction of sp³-hybridized carbons (Fsp3) is 0.647. The van der Waals surface area contributed by atoms with Crippen molar-refractivity contribution < 1.29 is 9.47 Å². The minimum absolute atomic E-state index is 0.354. The maximum atomic E-state index is 5.42. The van der Waals surface area contributed by atoms with E-state index in [1.54, 1.807) is 0 Å². The predicted molar refractivity (Wildman–Crippen MR) is 84.0 cm³/mol. The van der Waals surface area contributed by atoms with E-state index >= 15 is 0 Å². The van der Waals surface area contributed by atoms with E-state index in [1.807, 2.05) is 6.07 Å². The molecule has 2 aliphatic heterocycles. The number of hydrogen-bond acceptors (Lipinski definition) is 4. The van der Waals surface area contributed by atoms with E-state index in [0.29, 0.717) is 12.8 Å². The Kier molecular flexibility index (Phi) is 4.99. The van der Waals surface area contributed by atoms with Gasteiger partial charge in [-0.15, -0.1) is 0 Å². The minimum Gasteiger partial charge on any atom is -0.454 e. The summed E-state index contributed by atoms with van der Waals surface area (Å²) in [7, 11) is 0. The molecule has 3 rings (SSSR count). The van der Waals surface area contributed by atoms with E-state index in [9.17, 15) is 0 Å². The minimum atomic E-state index is 0.354. The van der Waals surface area contributed by atoms with Crippen LogP contribution in [0.1, 0.15) is 31.7 Å². The van der Waals surface area contributed by atoms with Crippen molar-refractivity contribution in [1.82, 2.24) is 10.2 Å². The van der Waals surface area contributed by atoms with E-state index < -0.39 is 0 Å². The van der Waals surface area contributed by atoms with Crippen LogP contribution in [0.3, 0.4) is 0 Å².